The molecule has 0 aliphatic carbocycles. The number of rotatable bonds is 8. The summed E-state index contributed by atoms with van der Waals surface area (Å²) in [5.41, 5.74) is 3.40. The summed E-state index contributed by atoms with van der Waals surface area (Å²) in [7, 11) is 2.87. The first-order valence-electron chi connectivity index (χ1n) is 9.28. The number of hydrogen-bond donors (Lipinski definition) is 0. The van der Waals surface area contributed by atoms with Crippen molar-refractivity contribution < 1.29 is 19.1 Å². The number of hydrogen-bond acceptors (Lipinski definition) is 6. The van der Waals surface area contributed by atoms with Crippen molar-refractivity contribution in [3.05, 3.63) is 47.2 Å². The molecule has 6 nitrogen and oxygen atoms in total. The van der Waals surface area contributed by atoms with Crippen LogP contribution in [0.25, 0.3) is 11.1 Å². The monoisotopic (exact) mass is 384 g/mol. The fraction of sp³-hybridized carbons (Fsp3) is 0.409. The molecular weight excluding hydrogens is 356 g/mol. The number of benzene rings is 1. The summed E-state index contributed by atoms with van der Waals surface area (Å²) in [6.45, 7) is 9.19. The molecule has 0 saturated heterocycles. The Hall–Kier alpha value is -2.73. The van der Waals surface area contributed by atoms with E-state index in [2.05, 4.69) is 37.6 Å². The van der Waals surface area contributed by atoms with E-state index in [0.717, 1.165) is 17.4 Å². The number of pyridine rings is 1. The van der Waals surface area contributed by atoms with Crippen LogP contribution in [0, 0.1) is 0 Å². The highest BCUT2D eigenvalue weighted by Crippen LogP contribution is 2.32. The first-order chi connectivity index (χ1) is 13.3. The fourth-order valence-electron chi connectivity index (χ4n) is 3.28. The molecule has 0 fully saturated rings. The minimum Gasteiger partial charge on any atom is -0.481 e. The van der Waals surface area contributed by atoms with E-state index >= 15 is 0 Å². The van der Waals surface area contributed by atoms with Crippen LogP contribution in [-0.2, 0) is 11.3 Å². The van der Waals surface area contributed by atoms with Gasteiger partial charge in [-0.05, 0) is 44.9 Å². The Morgan fingerprint density at radius 1 is 1.11 bits per heavy atom. The number of carbonyl (C=O) groups excluding carboxylic acids is 2. The average Bonchev–Trinajstić information content (AvgIpc) is 2.70. The van der Waals surface area contributed by atoms with Crippen LogP contribution in [0.15, 0.2) is 30.5 Å². The quantitative estimate of drug-likeness (QED) is 0.507. The summed E-state index contributed by atoms with van der Waals surface area (Å²) in [6.07, 6.45) is 2.29. The molecular formula is C22H28N2O4. The van der Waals surface area contributed by atoms with E-state index in [1.165, 1.54) is 20.4 Å². The molecule has 2 aromatic rings. The topological polar surface area (TPSA) is 68.7 Å². The minimum absolute atomic E-state index is 0.319. The lowest BCUT2D eigenvalue weighted by atomic mass is 9.94. The third kappa shape index (κ3) is 4.75. The van der Waals surface area contributed by atoms with Crippen molar-refractivity contribution in [3.63, 3.8) is 0 Å². The van der Waals surface area contributed by atoms with Crippen LogP contribution in [0.4, 0.5) is 0 Å². The zero-order valence-corrected chi connectivity index (χ0v) is 17.4. The molecule has 0 radical (unpaired) electrons. The van der Waals surface area contributed by atoms with Gasteiger partial charge < -0.3 is 9.47 Å². The Morgan fingerprint density at radius 3 is 2.32 bits per heavy atom. The summed E-state index contributed by atoms with van der Waals surface area (Å²) in [5.74, 6) is -0.0715. The molecule has 0 atom stereocenters. The van der Waals surface area contributed by atoms with Crippen molar-refractivity contribution >= 4 is 12.3 Å². The van der Waals surface area contributed by atoms with Crippen LogP contribution in [0.1, 0.15) is 54.0 Å². The molecule has 0 N–H and O–H groups in total. The lowest BCUT2D eigenvalue weighted by molar-refractivity contribution is 0.0601. The van der Waals surface area contributed by atoms with Crippen molar-refractivity contribution in [2.75, 3.05) is 14.2 Å². The zero-order chi connectivity index (χ0) is 20.8. The molecule has 150 valence electrons. The first-order valence-corrected chi connectivity index (χ1v) is 9.28. The van der Waals surface area contributed by atoms with E-state index in [0.29, 0.717) is 41.2 Å². The second-order valence-electron chi connectivity index (χ2n) is 7.16. The molecule has 1 aromatic heterocycles. The third-order valence-corrected chi connectivity index (χ3v) is 4.73. The molecule has 0 aliphatic rings. The lowest BCUT2D eigenvalue weighted by Crippen LogP contribution is -2.36. The molecule has 0 amide bonds. The van der Waals surface area contributed by atoms with Crippen LogP contribution >= 0.6 is 0 Å². The summed E-state index contributed by atoms with van der Waals surface area (Å²) in [6, 6.07) is 7.84. The maximum absolute atomic E-state index is 12.3. The Labute approximate surface area is 166 Å². The van der Waals surface area contributed by atoms with Crippen LogP contribution < -0.4 is 4.74 Å². The largest absolute Gasteiger partial charge is 0.481 e. The predicted octanol–water partition coefficient (Wildman–Crippen LogP) is 3.98. The van der Waals surface area contributed by atoms with Gasteiger partial charge in [-0.25, -0.2) is 9.78 Å². The molecule has 0 spiro atoms. The molecule has 0 bridgehead atoms. The molecule has 1 aromatic carbocycles. The molecule has 0 saturated carbocycles. The van der Waals surface area contributed by atoms with E-state index < -0.39 is 5.97 Å². The number of nitrogens with zero attached hydrogens (tertiary/aromatic N) is 2. The SMILES string of the molecule is COC(=O)c1cnc(OC)cc1-c1ccc(C=O)cc1CN(C(C)C)C(C)C. The number of esters is 1. The van der Waals surface area contributed by atoms with Gasteiger partial charge in [0.05, 0.1) is 19.8 Å². The maximum Gasteiger partial charge on any atom is 0.340 e. The third-order valence-electron chi connectivity index (χ3n) is 4.73. The second kappa shape index (κ2) is 9.46. The van der Waals surface area contributed by atoms with E-state index in [9.17, 15) is 9.59 Å². The minimum atomic E-state index is -0.472. The van der Waals surface area contributed by atoms with Crippen molar-refractivity contribution in [3.8, 4) is 17.0 Å². The first kappa shape index (κ1) is 21.6. The van der Waals surface area contributed by atoms with Gasteiger partial charge in [0, 0.05) is 42.0 Å². The van der Waals surface area contributed by atoms with Crippen molar-refractivity contribution in [2.45, 2.75) is 46.3 Å². The average molecular weight is 384 g/mol. The molecule has 0 aliphatic heterocycles. The zero-order valence-electron chi connectivity index (χ0n) is 17.4. The molecule has 28 heavy (non-hydrogen) atoms. The van der Waals surface area contributed by atoms with Crippen molar-refractivity contribution in [2.24, 2.45) is 0 Å². The van der Waals surface area contributed by atoms with Crippen LogP contribution in [0.2, 0.25) is 0 Å². The van der Waals surface area contributed by atoms with Crippen LogP contribution in [-0.4, -0.2) is 48.4 Å². The fourth-order valence-corrected chi connectivity index (χ4v) is 3.28. The van der Waals surface area contributed by atoms with Gasteiger partial charge in [-0.15, -0.1) is 0 Å². The highest BCUT2D eigenvalue weighted by Gasteiger charge is 2.21. The Kier molecular flexibility index (Phi) is 7.29. The van der Waals surface area contributed by atoms with Gasteiger partial charge >= 0.3 is 5.97 Å². The summed E-state index contributed by atoms with van der Waals surface area (Å²) in [4.78, 5) is 30.1. The van der Waals surface area contributed by atoms with Gasteiger partial charge in [-0.2, -0.15) is 0 Å². The highest BCUT2D eigenvalue weighted by molar-refractivity contribution is 5.97. The van der Waals surface area contributed by atoms with Crippen LogP contribution in [0.5, 0.6) is 5.88 Å². The number of aldehydes is 1. The number of ether oxygens (including phenoxy) is 2. The van der Waals surface area contributed by atoms with Gasteiger partial charge in [0.15, 0.2) is 0 Å². The number of aromatic nitrogens is 1. The second-order valence-corrected chi connectivity index (χ2v) is 7.16. The Morgan fingerprint density at radius 2 is 1.79 bits per heavy atom. The summed E-state index contributed by atoms with van der Waals surface area (Å²) < 4.78 is 10.2. The van der Waals surface area contributed by atoms with E-state index in [1.54, 1.807) is 12.1 Å². The predicted molar refractivity (Wildman–Crippen MR) is 109 cm³/mol. The number of carbonyl (C=O) groups is 2. The van der Waals surface area contributed by atoms with E-state index in [-0.39, 0.29) is 0 Å². The molecule has 0 unspecified atom stereocenters. The normalized spacial score (nSPS) is 11.2. The van der Waals surface area contributed by atoms with Crippen molar-refractivity contribution in [1.29, 1.82) is 0 Å². The summed E-state index contributed by atoms with van der Waals surface area (Å²) in [5, 5.41) is 0. The molecule has 2 rings (SSSR count). The van der Waals surface area contributed by atoms with E-state index in [1.807, 2.05) is 12.1 Å². The van der Waals surface area contributed by atoms with Crippen LogP contribution in [0.3, 0.4) is 0 Å². The van der Waals surface area contributed by atoms with Gasteiger partial charge in [0.1, 0.15) is 6.29 Å². The smallest absolute Gasteiger partial charge is 0.340 e. The van der Waals surface area contributed by atoms with Gasteiger partial charge in [0.25, 0.3) is 0 Å². The lowest BCUT2D eigenvalue weighted by Gasteiger charge is -2.31. The molecule has 6 heteroatoms. The Bertz CT molecular complexity index is 838. The van der Waals surface area contributed by atoms with Crippen molar-refractivity contribution in [1.82, 2.24) is 9.88 Å². The molecule has 1 heterocycles. The highest BCUT2D eigenvalue weighted by atomic mass is 16.5. The van der Waals surface area contributed by atoms with Gasteiger partial charge in [0.2, 0.25) is 5.88 Å². The Balaban J connectivity index is 2.68. The van der Waals surface area contributed by atoms with E-state index in [4.69, 9.17) is 9.47 Å². The number of methoxy groups -OCH3 is 2. The van der Waals surface area contributed by atoms with Gasteiger partial charge in [-0.3, -0.25) is 9.69 Å². The maximum atomic E-state index is 12.3. The standard InChI is InChI=1S/C22H28N2O4/c1-14(2)24(15(3)4)12-17-9-16(13-25)7-8-18(17)19-10-21(27-5)23-11-20(19)22(26)28-6/h7-11,13-15H,12H2,1-6H3. The van der Waals surface area contributed by atoms with Gasteiger partial charge in [-0.1, -0.05) is 12.1 Å². The summed E-state index contributed by atoms with van der Waals surface area (Å²) >= 11 is 0.